The fraction of sp³-hybridized carbons (Fsp3) is 0.316. The Kier molecular flexibility index (Phi) is 4.27. The molecule has 0 saturated heterocycles. The Morgan fingerprint density at radius 1 is 1.00 bits per heavy atom. The molecule has 0 bridgehead atoms. The van der Waals surface area contributed by atoms with E-state index < -0.39 is 11.6 Å². The van der Waals surface area contributed by atoms with Crippen LogP contribution in [0.2, 0.25) is 0 Å². The molecule has 0 unspecified atom stereocenters. The molecule has 1 amide bonds. The molecule has 0 heterocycles. The summed E-state index contributed by atoms with van der Waals surface area (Å²) in [5.41, 5.74) is 4.94. The van der Waals surface area contributed by atoms with E-state index in [1.54, 1.807) is 0 Å². The topological polar surface area (TPSA) is 40.5 Å². The highest BCUT2D eigenvalue weighted by Crippen LogP contribution is 2.29. The number of hydrogen-bond acceptors (Lipinski definition) is 1. The van der Waals surface area contributed by atoms with Crippen molar-refractivity contribution >= 4 is 11.8 Å². The molecule has 2 aromatic carbocycles. The first kappa shape index (κ1) is 16.1. The number of rotatable bonds is 2. The average Bonchev–Trinajstić information content (AvgIpc) is 2.38. The minimum Gasteiger partial charge on any atom is -0.465 e. The number of amides is 1. The minimum absolute atomic E-state index is 0.479. The normalized spacial score (nSPS) is 11.3. The van der Waals surface area contributed by atoms with Gasteiger partial charge < -0.3 is 5.11 Å². The predicted octanol–water partition coefficient (Wildman–Crippen LogP) is 5.25. The molecule has 0 aliphatic carbocycles. The van der Waals surface area contributed by atoms with Gasteiger partial charge in [0.2, 0.25) is 0 Å². The van der Waals surface area contributed by atoms with Crippen molar-refractivity contribution < 1.29 is 9.90 Å². The van der Waals surface area contributed by atoms with Crippen LogP contribution in [0.3, 0.4) is 0 Å². The van der Waals surface area contributed by atoms with Gasteiger partial charge in [0.25, 0.3) is 0 Å². The molecule has 1 N–H and O–H groups in total. The lowest BCUT2D eigenvalue weighted by Gasteiger charge is -2.33. The summed E-state index contributed by atoms with van der Waals surface area (Å²) in [5, 5.41) is 9.45. The third-order valence-corrected chi connectivity index (χ3v) is 3.68. The van der Waals surface area contributed by atoms with Gasteiger partial charge in [-0.05, 0) is 63.4 Å². The predicted molar refractivity (Wildman–Crippen MR) is 91.6 cm³/mol. The van der Waals surface area contributed by atoms with Gasteiger partial charge in [-0.25, -0.2) is 4.79 Å². The molecule has 0 fully saturated rings. The Balaban J connectivity index is 2.40. The van der Waals surface area contributed by atoms with Gasteiger partial charge in [-0.1, -0.05) is 35.9 Å². The summed E-state index contributed by atoms with van der Waals surface area (Å²) in [7, 11) is 0. The molecule has 0 atom stereocenters. The SMILES string of the molecule is Cc1ccc(-c2ccc(N(C(=O)O)C(C)(C)C)cc2)c(C)c1. The number of carbonyl (C=O) groups is 1. The molecule has 22 heavy (non-hydrogen) atoms. The molecule has 0 aliphatic rings. The number of hydrogen-bond donors (Lipinski definition) is 1. The van der Waals surface area contributed by atoms with E-state index in [0.717, 1.165) is 5.56 Å². The van der Waals surface area contributed by atoms with E-state index in [1.807, 2.05) is 45.0 Å². The van der Waals surface area contributed by atoms with Crippen molar-refractivity contribution in [1.29, 1.82) is 0 Å². The van der Waals surface area contributed by atoms with Crippen LogP contribution < -0.4 is 4.90 Å². The Morgan fingerprint density at radius 2 is 1.59 bits per heavy atom. The maximum absolute atomic E-state index is 11.5. The largest absolute Gasteiger partial charge is 0.465 e. The Bertz CT molecular complexity index is 682. The number of benzene rings is 2. The van der Waals surface area contributed by atoms with Crippen molar-refractivity contribution in [1.82, 2.24) is 0 Å². The second-order valence-corrected chi connectivity index (χ2v) is 6.65. The monoisotopic (exact) mass is 297 g/mol. The molecule has 0 saturated carbocycles. The van der Waals surface area contributed by atoms with Crippen molar-refractivity contribution in [3.05, 3.63) is 53.6 Å². The molecule has 0 spiro atoms. The van der Waals surface area contributed by atoms with E-state index in [0.29, 0.717) is 5.69 Å². The summed E-state index contributed by atoms with van der Waals surface area (Å²) >= 11 is 0. The van der Waals surface area contributed by atoms with Crippen LogP contribution in [0.1, 0.15) is 31.9 Å². The van der Waals surface area contributed by atoms with Gasteiger partial charge in [-0.15, -0.1) is 0 Å². The van der Waals surface area contributed by atoms with Gasteiger partial charge in [0.05, 0.1) is 0 Å². The zero-order valence-electron chi connectivity index (χ0n) is 13.8. The number of aryl methyl sites for hydroxylation is 2. The van der Waals surface area contributed by atoms with Crippen molar-refractivity contribution in [2.45, 2.75) is 40.2 Å². The van der Waals surface area contributed by atoms with Crippen LogP contribution in [-0.2, 0) is 0 Å². The van der Waals surface area contributed by atoms with E-state index in [9.17, 15) is 9.90 Å². The molecule has 0 radical (unpaired) electrons. The van der Waals surface area contributed by atoms with Crippen LogP contribution in [0.5, 0.6) is 0 Å². The lowest BCUT2D eigenvalue weighted by Crippen LogP contribution is -2.45. The Hall–Kier alpha value is -2.29. The number of carboxylic acid groups (broad SMARTS) is 1. The van der Waals surface area contributed by atoms with Gasteiger partial charge in [-0.3, -0.25) is 4.90 Å². The third-order valence-electron chi connectivity index (χ3n) is 3.68. The second-order valence-electron chi connectivity index (χ2n) is 6.65. The zero-order chi connectivity index (χ0) is 16.5. The van der Waals surface area contributed by atoms with Crippen molar-refractivity contribution in [2.75, 3.05) is 4.90 Å². The summed E-state index contributed by atoms with van der Waals surface area (Å²) < 4.78 is 0. The summed E-state index contributed by atoms with van der Waals surface area (Å²) in [5.74, 6) is 0. The molecule has 0 aromatic heterocycles. The zero-order valence-corrected chi connectivity index (χ0v) is 13.8. The van der Waals surface area contributed by atoms with Crippen molar-refractivity contribution in [2.24, 2.45) is 0 Å². The summed E-state index contributed by atoms with van der Waals surface area (Å²) in [6.07, 6.45) is -0.938. The van der Waals surface area contributed by atoms with Gasteiger partial charge in [0.15, 0.2) is 0 Å². The van der Waals surface area contributed by atoms with Gasteiger partial charge in [0.1, 0.15) is 0 Å². The molecule has 0 aliphatic heterocycles. The van der Waals surface area contributed by atoms with Gasteiger partial charge in [-0.2, -0.15) is 0 Å². The Morgan fingerprint density at radius 3 is 2.05 bits per heavy atom. The van der Waals surface area contributed by atoms with Crippen LogP contribution in [-0.4, -0.2) is 16.7 Å². The summed E-state index contributed by atoms with van der Waals surface area (Å²) in [6.45, 7) is 9.83. The number of anilines is 1. The summed E-state index contributed by atoms with van der Waals surface area (Å²) in [4.78, 5) is 12.9. The van der Waals surface area contributed by atoms with Crippen LogP contribution in [0.25, 0.3) is 11.1 Å². The molecular formula is C19H23NO2. The van der Waals surface area contributed by atoms with Crippen molar-refractivity contribution in [3.63, 3.8) is 0 Å². The summed E-state index contributed by atoms with van der Waals surface area (Å²) in [6, 6.07) is 14.1. The molecule has 3 nitrogen and oxygen atoms in total. The maximum Gasteiger partial charge on any atom is 0.412 e. The first-order chi connectivity index (χ1) is 10.2. The van der Waals surface area contributed by atoms with Crippen LogP contribution >= 0.6 is 0 Å². The fourth-order valence-corrected chi connectivity index (χ4v) is 2.71. The smallest absolute Gasteiger partial charge is 0.412 e. The highest BCUT2D eigenvalue weighted by Gasteiger charge is 2.27. The molecule has 116 valence electrons. The van der Waals surface area contributed by atoms with Crippen molar-refractivity contribution in [3.8, 4) is 11.1 Å². The maximum atomic E-state index is 11.5. The first-order valence-electron chi connectivity index (χ1n) is 7.41. The van der Waals surface area contributed by atoms with Gasteiger partial charge in [0, 0.05) is 11.2 Å². The molecule has 2 aromatic rings. The minimum atomic E-state index is -0.938. The highest BCUT2D eigenvalue weighted by molar-refractivity contribution is 5.88. The standard InChI is InChI=1S/C19H23NO2/c1-13-6-11-17(14(2)12-13)15-7-9-16(10-8-15)20(18(21)22)19(3,4)5/h6-12H,1-5H3,(H,21,22). The highest BCUT2D eigenvalue weighted by atomic mass is 16.4. The molecule has 2 rings (SSSR count). The van der Waals surface area contributed by atoms with Crippen LogP contribution in [0.4, 0.5) is 10.5 Å². The van der Waals surface area contributed by atoms with E-state index in [2.05, 4.69) is 32.0 Å². The van der Waals surface area contributed by atoms with E-state index in [1.165, 1.54) is 21.6 Å². The van der Waals surface area contributed by atoms with Gasteiger partial charge >= 0.3 is 6.09 Å². The fourth-order valence-electron chi connectivity index (χ4n) is 2.71. The number of nitrogens with zero attached hydrogens (tertiary/aromatic N) is 1. The first-order valence-corrected chi connectivity index (χ1v) is 7.41. The lowest BCUT2D eigenvalue weighted by molar-refractivity contribution is 0.195. The Labute approximate surface area is 132 Å². The quantitative estimate of drug-likeness (QED) is 0.822. The molecule has 3 heteroatoms. The van der Waals surface area contributed by atoms with Crippen LogP contribution in [0, 0.1) is 13.8 Å². The van der Waals surface area contributed by atoms with E-state index >= 15 is 0 Å². The second kappa shape index (κ2) is 5.84. The lowest BCUT2D eigenvalue weighted by atomic mass is 9.98. The van der Waals surface area contributed by atoms with E-state index in [4.69, 9.17) is 0 Å². The average molecular weight is 297 g/mol. The van der Waals surface area contributed by atoms with E-state index in [-0.39, 0.29) is 0 Å². The molecular weight excluding hydrogens is 274 g/mol. The van der Waals surface area contributed by atoms with Crippen LogP contribution in [0.15, 0.2) is 42.5 Å². The third kappa shape index (κ3) is 3.30.